The highest BCUT2D eigenvalue weighted by Gasteiger charge is 2.07. The Morgan fingerprint density at radius 3 is 3.27 bits per heavy atom. The van der Waals surface area contributed by atoms with Gasteiger partial charge in [-0.1, -0.05) is 6.92 Å². The van der Waals surface area contributed by atoms with Crippen LogP contribution in [0.3, 0.4) is 0 Å². The molecule has 5 heteroatoms. The van der Waals surface area contributed by atoms with Crippen LogP contribution in [-0.2, 0) is 11.2 Å². The molecule has 2 aromatic heterocycles. The molecule has 0 aliphatic heterocycles. The van der Waals surface area contributed by atoms with Crippen LogP contribution < -0.4 is 5.32 Å². The zero-order chi connectivity index (χ0) is 10.7. The lowest BCUT2D eigenvalue weighted by Gasteiger charge is -1.98. The van der Waals surface area contributed by atoms with Crippen molar-refractivity contribution in [2.75, 3.05) is 13.1 Å². The summed E-state index contributed by atoms with van der Waals surface area (Å²) in [7, 11) is 0. The molecule has 0 aromatic carbocycles. The molecule has 0 saturated carbocycles. The normalized spacial score (nSPS) is 11.0. The Morgan fingerprint density at radius 1 is 1.67 bits per heavy atom. The molecule has 0 saturated heterocycles. The van der Waals surface area contributed by atoms with Crippen LogP contribution in [0.25, 0.3) is 4.96 Å². The van der Waals surface area contributed by atoms with Crippen molar-refractivity contribution in [1.29, 1.82) is 0 Å². The molecule has 0 fully saturated rings. The standard InChI is InChI=1S/C10H13N3OS/c1-2-11-6-9(14)5-8-7-13-3-4-15-10(13)12-8/h3-4,7,11H,2,5-6H2,1H3. The van der Waals surface area contributed by atoms with Crippen molar-refractivity contribution in [2.45, 2.75) is 13.3 Å². The molecular formula is C10H13N3OS. The minimum atomic E-state index is 0.183. The van der Waals surface area contributed by atoms with Crippen LogP contribution in [-0.4, -0.2) is 28.3 Å². The first-order chi connectivity index (χ1) is 7.29. The number of aromatic nitrogens is 2. The van der Waals surface area contributed by atoms with Crippen LogP contribution >= 0.6 is 11.3 Å². The minimum Gasteiger partial charge on any atom is -0.310 e. The third-order valence-electron chi connectivity index (χ3n) is 2.09. The monoisotopic (exact) mass is 223 g/mol. The number of carbonyl (C=O) groups is 1. The van der Waals surface area contributed by atoms with Crippen LogP contribution in [0.4, 0.5) is 0 Å². The molecule has 0 aliphatic rings. The van der Waals surface area contributed by atoms with Gasteiger partial charge >= 0.3 is 0 Å². The van der Waals surface area contributed by atoms with E-state index in [-0.39, 0.29) is 5.78 Å². The Balaban J connectivity index is 2.00. The van der Waals surface area contributed by atoms with Gasteiger partial charge in [0.15, 0.2) is 10.7 Å². The van der Waals surface area contributed by atoms with Gasteiger partial charge in [0.25, 0.3) is 0 Å². The number of hydrogen-bond acceptors (Lipinski definition) is 4. The molecule has 2 heterocycles. The highest BCUT2D eigenvalue weighted by molar-refractivity contribution is 7.15. The second-order valence-electron chi connectivity index (χ2n) is 3.32. The fourth-order valence-electron chi connectivity index (χ4n) is 1.39. The third-order valence-corrected chi connectivity index (χ3v) is 2.86. The summed E-state index contributed by atoms with van der Waals surface area (Å²) in [5.74, 6) is 0.183. The van der Waals surface area contributed by atoms with Crippen LogP contribution in [0, 0.1) is 0 Å². The SMILES string of the molecule is CCNCC(=O)Cc1cn2ccsc2n1. The lowest BCUT2D eigenvalue weighted by atomic mass is 10.2. The molecule has 15 heavy (non-hydrogen) atoms. The number of fused-ring (bicyclic) bond motifs is 1. The predicted octanol–water partition coefficient (Wildman–Crippen LogP) is 1.12. The van der Waals surface area contributed by atoms with Gasteiger partial charge in [0.2, 0.25) is 0 Å². The van der Waals surface area contributed by atoms with E-state index in [0.717, 1.165) is 17.2 Å². The predicted molar refractivity (Wildman–Crippen MR) is 60.3 cm³/mol. The van der Waals surface area contributed by atoms with E-state index in [4.69, 9.17) is 0 Å². The molecule has 0 aliphatic carbocycles. The quantitative estimate of drug-likeness (QED) is 0.826. The van der Waals surface area contributed by atoms with E-state index in [9.17, 15) is 4.79 Å². The maximum atomic E-state index is 11.5. The smallest absolute Gasteiger partial charge is 0.193 e. The largest absolute Gasteiger partial charge is 0.310 e. The topological polar surface area (TPSA) is 46.4 Å². The van der Waals surface area contributed by atoms with Crippen molar-refractivity contribution in [3.8, 4) is 0 Å². The molecule has 1 N–H and O–H groups in total. The summed E-state index contributed by atoms with van der Waals surface area (Å²) in [6.07, 6.45) is 4.28. The molecule has 2 rings (SSSR count). The van der Waals surface area contributed by atoms with Gasteiger partial charge in [-0.3, -0.25) is 9.20 Å². The van der Waals surface area contributed by atoms with E-state index in [0.29, 0.717) is 13.0 Å². The van der Waals surface area contributed by atoms with Gasteiger partial charge in [-0.05, 0) is 6.54 Å². The molecule has 0 spiro atoms. The minimum absolute atomic E-state index is 0.183. The van der Waals surface area contributed by atoms with Gasteiger partial charge in [0.05, 0.1) is 18.7 Å². The number of thiazole rings is 1. The molecule has 0 atom stereocenters. The molecule has 80 valence electrons. The molecular weight excluding hydrogens is 210 g/mol. The second-order valence-corrected chi connectivity index (χ2v) is 4.19. The van der Waals surface area contributed by atoms with E-state index in [1.54, 1.807) is 11.3 Å². The van der Waals surface area contributed by atoms with Crippen LogP contribution in [0.15, 0.2) is 17.8 Å². The van der Waals surface area contributed by atoms with Crippen molar-refractivity contribution >= 4 is 22.1 Å². The molecule has 2 aromatic rings. The molecule has 0 bridgehead atoms. The van der Waals surface area contributed by atoms with Crippen LogP contribution in [0.5, 0.6) is 0 Å². The summed E-state index contributed by atoms with van der Waals surface area (Å²) in [5, 5.41) is 4.99. The maximum absolute atomic E-state index is 11.5. The van der Waals surface area contributed by atoms with Gasteiger partial charge in [0.1, 0.15) is 0 Å². The number of hydrogen-bond donors (Lipinski definition) is 1. The number of imidazole rings is 1. The molecule has 0 amide bonds. The third kappa shape index (κ3) is 2.43. The number of rotatable bonds is 5. The van der Waals surface area contributed by atoms with Gasteiger partial charge in [0, 0.05) is 17.8 Å². The van der Waals surface area contributed by atoms with E-state index in [2.05, 4.69) is 10.3 Å². The Bertz CT molecular complexity index is 431. The second kappa shape index (κ2) is 4.55. The van der Waals surface area contributed by atoms with Crippen molar-refractivity contribution < 1.29 is 4.79 Å². The van der Waals surface area contributed by atoms with Gasteiger partial charge in [-0.2, -0.15) is 0 Å². The Hall–Kier alpha value is -1.20. The Labute approximate surface area is 91.9 Å². The summed E-state index contributed by atoms with van der Waals surface area (Å²) >= 11 is 1.58. The Kier molecular flexibility index (Phi) is 3.13. The fraction of sp³-hybridized carbons (Fsp3) is 0.400. The summed E-state index contributed by atoms with van der Waals surface area (Å²) in [4.78, 5) is 16.8. The first kappa shape index (κ1) is 10.3. The van der Waals surface area contributed by atoms with E-state index >= 15 is 0 Å². The van der Waals surface area contributed by atoms with Crippen molar-refractivity contribution in [3.05, 3.63) is 23.5 Å². The summed E-state index contributed by atoms with van der Waals surface area (Å²) < 4.78 is 1.94. The van der Waals surface area contributed by atoms with Gasteiger partial charge < -0.3 is 5.32 Å². The maximum Gasteiger partial charge on any atom is 0.193 e. The lowest BCUT2D eigenvalue weighted by Crippen LogP contribution is -2.23. The average molecular weight is 223 g/mol. The number of likely N-dealkylation sites (N-methyl/N-ethyl adjacent to an activating group) is 1. The van der Waals surface area contributed by atoms with Gasteiger partial charge in [-0.15, -0.1) is 11.3 Å². The lowest BCUT2D eigenvalue weighted by molar-refractivity contribution is -0.117. The number of ketones is 1. The van der Waals surface area contributed by atoms with Crippen LogP contribution in [0.1, 0.15) is 12.6 Å². The molecule has 0 radical (unpaired) electrons. The molecule has 0 unspecified atom stereocenters. The number of nitrogens with one attached hydrogen (secondary N) is 1. The van der Waals surface area contributed by atoms with Crippen LogP contribution in [0.2, 0.25) is 0 Å². The van der Waals surface area contributed by atoms with Crippen molar-refractivity contribution in [1.82, 2.24) is 14.7 Å². The summed E-state index contributed by atoms with van der Waals surface area (Å²) in [5.41, 5.74) is 0.852. The zero-order valence-corrected chi connectivity index (χ0v) is 9.38. The van der Waals surface area contributed by atoms with E-state index in [1.807, 2.05) is 29.1 Å². The van der Waals surface area contributed by atoms with Crippen molar-refractivity contribution in [3.63, 3.8) is 0 Å². The average Bonchev–Trinajstić information content (AvgIpc) is 2.74. The first-order valence-corrected chi connectivity index (χ1v) is 5.81. The van der Waals surface area contributed by atoms with E-state index < -0.39 is 0 Å². The van der Waals surface area contributed by atoms with Gasteiger partial charge in [-0.25, -0.2) is 4.98 Å². The Morgan fingerprint density at radius 2 is 2.53 bits per heavy atom. The molecule has 4 nitrogen and oxygen atoms in total. The first-order valence-electron chi connectivity index (χ1n) is 4.93. The highest BCUT2D eigenvalue weighted by atomic mass is 32.1. The number of nitrogens with zero attached hydrogens (tertiary/aromatic N) is 2. The van der Waals surface area contributed by atoms with Crippen molar-refractivity contribution in [2.24, 2.45) is 0 Å². The number of carbonyl (C=O) groups excluding carboxylic acids is 1. The fourth-order valence-corrected chi connectivity index (χ4v) is 2.11. The zero-order valence-electron chi connectivity index (χ0n) is 8.56. The number of Topliss-reactive ketones (excluding diaryl/α,β-unsaturated/α-hetero) is 1. The highest BCUT2D eigenvalue weighted by Crippen LogP contribution is 2.11. The summed E-state index contributed by atoms with van der Waals surface area (Å²) in [6, 6.07) is 0. The summed E-state index contributed by atoms with van der Waals surface area (Å²) in [6.45, 7) is 3.24. The van der Waals surface area contributed by atoms with E-state index in [1.165, 1.54) is 0 Å².